The van der Waals surface area contributed by atoms with Crippen LogP contribution in [-0.4, -0.2) is 45.6 Å². The third-order valence-electron chi connectivity index (χ3n) is 4.18. The van der Waals surface area contributed by atoms with Crippen LogP contribution in [0.25, 0.3) is 11.3 Å². The minimum atomic E-state index is -0.878. The fourth-order valence-electron chi connectivity index (χ4n) is 2.78. The second kappa shape index (κ2) is 9.53. The second-order valence-corrected chi connectivity index (χ2v) is 7.82. The molecule has 3 rings (SSSR count). The van der Waals surface area contributed by atoms with Gasteiger partial charge in [0.15, 0.2) is 17.1 Å². The zero-order valence-corrected chi connectivity index (χ0v) is 18.4. The molecule has 2 heterocycles. The summed E-state index contributed by atoms with van der Waals surface area (Å²) in [5, 5.41) is 18.7. The Hall–Kier alpha value is -4.19. The van der Waals surface area contributed by atoms with Gasteiger partial charge in [0.1, 0.15) is 5.60 Å². The van der Waals surface area contributed by atoms with Crippen molar-refractivity contribution in [2.24, 2.45) is 0 Å². The zero-order chi connectivity index (χ0) is 24.2. The maximum Gasteiger partial charge on any atom is 0.412 e. The van der Waals surface area contributed by atoms with Crippen LogP contribution in [-0.2, 0) is 4.74 Å². The fourth-order valence-corrected chi connectivity index (χ4v) is 2.78. The Kier molecular flexibility index (Phi) is 6.78. The fraction of sp³-hybridized carbons (Fsp3) is 0.286. The Morgan fingerprint density at radius 3 is 2.48 bits per heavy atom. The summed E-state index contributed by atoms with van der Waals surface area (Å²) in [5.74, 6) is -1.14. The number of nitrogens with one attached hydrogen (secondary N) is 2. The van der Waals surface area contributed by atoms with Crippen molar-refractivity contribution in [1.82, 2.24) is 15.8 Å². The summed E-state index contributed by atoms with van der Waals surface area (Å²) in [7, 11) is 0. The number of nitrogens with zero attached hydrogens (tertiary/aromatic N) is 3. The first kappa shape index (κ1) is 23.5. The van der Waals surface area contributed by atoms with E-state index in [1.165, 1.54) is 22.5 Å². The average molecular weight is 457 g/mol. The topological polar surface area (TPSA) is 160 Å². The molecule has 174 valence electrons. The molecule has 2 aromatic heterocycles. The number of carbonyl (C=O) groups is 3. The van der Waals surface area contributed by atoms with Crippen molar-refractivity contribution < 1.29 is 33.4 Å². The van der Waals surface area contributed by atoms with Crippen molar-refractivity contribution in [1.29, 1.82) is 0 Å². The standard InChI is InChI=1S/C21H23N5O7/c1-5-26(17-11-14(24-33-17)18(27)23-30)19(28)15-10-16(32-25-15)12-7-6-8-13(9-12)22-20(29)31-21(2,3)4/h6-11,30H,5H2,1-4H3,(H,22,29)(H,23,27). The van der Waals surface area contributed by atoms with E-state index in [9.17, 15) is 14.4 Å². The summed E-state index contributed by atoms with van der Waals surface area (Å²) in [4.78, 5) is 37.6. The maximum absolute atomic E-state index is 12.9. The second-order valence-electron chi connectivity index (χ2n) is 7.82. The first-order valence-electron chi connectivity index (χ1n) is 9.91. The molecular weight excluding hydrogens is 434 g/mol. The van der Waals surface area contributed by atoms with Crippen LogP contribution in [0.2, 0.25) is 0 Å². The highest BCUT2D eigenvalue weighted by Gasteiger charge is 2.25. The predicted octanol–water partition coefficient (Wildman–Crippen LogP) is 3.46. The number of hydrogen-bond donors (Lipinski definition) is 3. The Labute approximate surface area is 188 Å². The monoisotopic (exact) mass is 457 g/mol. The van der Waals surface area contributed by atoms with Gasteiger partial charge in [-0.1, -0.05) is 22.4 Å². The molecule has 0 aliphatic heterocycles. The van der Waals surface area contributed by atoms with E-state index in [2.05, 4.69) is 15.6 Å². The summed E-state index contributed by atoms with van der Waals surface area (Å²) >= 11 is 0. The van der Waals surface area contributed by atoms with Crippen LogP contribution in [0.4, 0.5) is 16.4 Å². The maximum atomic E-state index is 12.9. The van der Waals surface area contributed by atoms with Crippen molar-refractivity contribution in [2.45, 2.75) is 33.3 Å². The van der Waals surface area contributed by atoms with Gasteiger partial charge in [0, 0.05) is 29.9 Å². The Bertz CT molecular complexity index is 1160. The molecule has 0 aliphatic rings. The smallest absolute Gasteiger partial charge is 0.412 e. The summed E-state index contributed by atoms with van der Waals surface area (Å²) in [6.45, 7) is 7.16. The van der Waals surface area contributed by atoms with Crippen LogP contribution in [0.1, 0.15) is 48.7 Å². The van der Waals surface area contributed by atoms with E-state index in [0.29, 0.717) is 17.0 Å². The van der Waals surface area contributed by atoms with Gasteiger partial charge in [0.2, 0.25) is 5.88 Å². The Morgan fingerprint density at radius 2 is 1.82 bits per heavy atom. The highest BCUT2D eigenvalue weighted by atomic mass is 16.6. The van der Waals surface area contributed by atoms with Gasteiger partial charge in [-0.3, -0.25) is 25.0 Å². The third kappa shape index (κ3) is 5.74. The van der Waals surface area contributed by atoms with Gasteiger partial charge in [-0.25, -0.2) is 10.3 Å². The lowest BCUT2D eigenvalue weighted by atomic mass is 10.1. The molecule has 33 heavy (non-hydrogen) atoms. The molecule has 0 fully saturated rings. The third-order valence-corrected chi connectivity index (χ3v) is 4.18. The van der Waals surface area contributed by atoms with Gasteiger partial charge in [-0.2, -0.15) is 0 Å². The molecule has 12 heteroatoms. The lowest BCUT2D eigenvalue weighted by Crippen LogP contribution is -2.30. The first-order valence-corrected chi connectivity index (χ1v) is 9.91. The predicted molar refractivity (Wildman–Crippen MR) is 115 cm³/mol. The van der Waals surface area contributed by atoms with Gasteiger partial charge < -0.3 is 13.8 Å². The van der Waals surface area contributed by atoms with Crippen LogP contribution >= 0.6 is 0 Å². The number of amides is 3. The van der Waals surface area contributed by atoms with Crippen LogP contribution in [0.5, 0.6) is 0 Å². The van der Waals surface area contributed by atoms with Gasteiger partial charge in [0.25, 0.3) is 11.8 Å². The highest BCUT2D eigenvalue weighted by molar-refractivity contribution is 6.05. The normalized spacial score (nSPS) is 11.1. The molecule has 0 radical (unpaired) electrons. The highest BCUT2D eigenvalue weighted by Crippen LogP contribution is 2.25. The number of hydrogen-bond acceptors (Lipinski definition) is 9. The molecule has 0 unspecified atom stereocenters. The molecule has 3 aromatic rings. The van der Waals surface area contributed by atoms with Gasteiger partial charge >= 0.3 is 6.09 Å². The summed E-state index contributed by atoms with van der Waals surface area (Å²) in [6.07, 6.45) is -0.604. The van der Waals surface area contributed by atoms with E-state index in [1.54, 1.807) is 52.0 Å². The molecule has 0 saturated heterocycles. The molecular formula is C21H23N5O7. The van der Waals surface area contributed by atoms with Crippen LogP contribution in [0, 0.1) is 0 Å². The first-order chi connectivity index (χ1) is 15.6. The minimum absolute atomic E-state index is 0.00536. The van der Waals surface area contributed by atoms with E-state index in [-0.39, 0.29) is 23.8 Å². The summed E-state index contributed by atoms with van der Waals surface area (Å²) < 4.78 is 15.6. The van der Waals surface area contributed by atoms with Gasteiger partial charge in [-0.05, 0) is 39.8 Å². The van der Waals surface area contributed by atoms with E-state index >= 15 is 0 Å². The number of rotatable bonds is 6. The van der Waals surface area contributed by atoms with E-state index in [1.807, 2.05) is 0 Å². The minimum Gasteiger partial charge on any atom is -0.444 e. The van der Waals surface area contributed by atoms with Crippen molar-refractivity contribution in [3.8, 4) is 11.3 Å². The lowest BCUT2D eigenvalue weighted by Gasteiger charge is -2.19. The molecule has 12 nitrogen and oxygen atoms in total. The molecule has 0 spiro atoms. The number of benzene rings is 1. The molecule has 0 saturated carbocycles. The molecule has 3 N–H and O–H groups in total. The quantitative estimate of drug-likeness (QED) is 0.372. The van der Waals surface area contributed by atoms with Gasteiger partial charge in [0.05, 0.1) is 0 Å². The Morgan fingerprint density at radius 1 is 1.09 bits per heavy atom. The summed E-state index contributed by atoms with van der Waals surface area (Å²) in [6, 6.07) is 9.40. The molecule has 0 atom stereocenters. The molecule has 3 amide bonds. The molecule has 1 aromatic carbocycles. The number of hydroxylamine groups is 1. The van der Waals surface area contributed by atoms with Crippen LogP contribution < -0.4 is 15.7 Å². The van der Waals surface area contributed by atoms with E-state index in [0.717, 1.165) is 0 Å². The van der Waals surface area contributed by atoms with Crippen molar-refractivity contribution in [3.63, 3.8) is 0 Å². The van der Waals surface area contributed by atoms with E-state index < -0.39 is 23.5 Å². The largest absolute Gasteiger partial charge is 0.444 e. The van der Waals surface area contributed by atoms with E-state index in [4.69, 9.17) is 19.0 Å². The molecule has 0 bridgehead atoms. The van der Waals surface area contributed by atoms with Crippen molar-refractivity contribution in [3.05, 3.63) is 47.8 Å². The van der Waals surface area contributed by atoms with Crippen LogP contribution in [0.3, 0.4) is 0 Å². The number of anilines is 2. The SMILES string of the molecule is CCN(C(=O)c1cc(-c2cccc(NC(=O)OC(C)(C)C)c2)on1)c1cc(C(=O)NO)no1. The number of carbonyl (C=O) groups excluding carboxylic acids is 3. The van der Waals surface area contributed by atoms with Crippen LogP contribution in [0.15, 0.2) is 45.4 Å². The average Bonchev–Trinajstić information content (AvgIpc) is 3.43. The lowest BCUT2D eigenvalue weighted by molar-refractivity contribution is 0.0635. The van der Waals surface area contributed by atoms with Crippen molar-refractivity contribution >= 4 is 29.5 Å². The van der Waals surface area contributed by atoms with Gasteiger partial charge in [-0.15, -0.1) is 0 Å². The Balaban J connectivity index is 1.77. The zero-order valence-electron chi connectivity index (χ0n) is 18.4. The number of aromatic nitrogens is 2. The summed E-state index contributed by atoms with van der Waals surface area (Å²) in [5.41, 5.74) is 1.62. The van der Waals surface area contributed by atoms with Crippen molar-refractivity contribution in [2.75, 3.05) is 16.8 Å². The molecule has 0 aliphatic carbocycles. The number of ether oxygens (including phenoxy) is 1.